The van der Waals surface area contributed by atoms with Crippen LogP contribution in [-0.4, -0.2) is 42.1 Å². The molecule has 0 aliphatic carbocycles. The molecule has 1 aromatic heterocycles. The highest BCUT2D eigenvalue weighted by molar-refractivity contribution is 7.22. The van der Waals surface area contributed by atoms with E-state index in [0.717, 1.165) is 21.3 Å². The zero-order valence-electron chi connectivity index (χ0n) is 19.2. The van der Waals surface area contributed by atoms with E-state index in [0.29, 0.717) is 43.7 Å². The monoisotopic (exact) mass is 488 g/mol. The molecular formula is C26H24N4O4S. The van der Waals surface area contributed by atoms with Gasteiger partial charge >= 0.3 is 0 Å². The van der Waals surface area contributed by atoms with E-state index < -0.39 is 4.92 Å². The van der Waals surface area contributed by atoms with Gasteiger partial charge in [0.1, 0.15) is 5.69 Å². The van der Waals surface area contributed by atoms with Crippen molar-refractivity contribution in [1.82, 2.24) is 4.98 Å². The largest absolute Gasteiger partial charge is 0.378 e. The van der Waals surface area contributed by atoms with Crippen LogP contribution < -0.4 is 9.80 Å². The first-order chi connectivity index (χ1) is 17.0. The van der Waals surface area contributed by atoms with Crippen LogP contribution >= 0.6 is 11.3 Å². The number of fused-ring (bicyclic) bond motifs is 1. The molecule has 8 nitrogen and oxygen atoms in total. The number of nitro benzene ring substituents is 1. The Bertz CT molecular complexity index is 1380. The topological polar surface area (TPSA) is 88.8 Å². The maximum atomic E-state index is 13.8. The molecule has 35 heavy (non-hydrogen) atoms. The fraction of sp³-hybridized carbons (Fsp3) is 0.231. The number of benzene rings is 3. The zero-order chi connectivity index (χ0) is 24.4. The Morgan fingerprint density at radius 3 is 2.60 bits per heavy atom. The lowest BCUT2D eigenvalue weighted by molar-refractivity contribution is -0.384. The summed E-state index contributed by atoms with van der Waals surface area (Å²) in [7, 11) is 0. The molecule has 0 bridgehead atoms. The number of rotatable bonds is 6. The van der Waals surface area contributed by atoms with Crippen molar-refractivity contribution in [3.63, 3.8) is 0 Å². The number of hydrogen-bond acceptors (Lipinski definition) is 7. The third-order valence-electron chi connectivity index (χ3n) is 6.04. The predicted molar refractivity (Wildman–Crippen MR) is 137 cm³/mol. The van der Waals surface area contributed by atoms with Crippen molar-refractivity contribution in [2.45, 2.75) is 13.5 Å². The third kappa shape index (κ3) is 4.73. The van der Waals surface area contributed by atoms with E-state index in [2.05, 4.69) is 0 Å². The zero-order valence-corrected chi connectivity index (χ0v) is 20.0. The first-order valence-electron chi connectivity index (χ1n) is 11.3. The molecule has 1 amide bonds. The highest BCUT2D eigenvalue weighted by Crippen LogP contribution is 2.34. The van der Waals surface area contributed by atoms with Crippen molar-refractivity contribution < 1.29 is 14.5 Å². The van der Waals surface area contributed by atoms with Crippen molar-refractivity contribution in [2.24, 2.45) is 0 Å². The van der Waals surface area contributed by atoms with Crippen LogP contribution in [0.15, 0.2) is 66.7 Å². The lowest BCUT2D eigenvalue weighted by Crippen LogP contribution is -2.36. The van der Waals surface area contributed by atoms with Crippen LogP contribution in [0.1, 0.15) is 21.5 Å². The molecule has 0 unspecified atom stereocenters. The summed E-state index contributed by atoms with van der Waals surface area (Å²) in [4.78, 5) is 33.6. The molecule has 0 spiro atoms. The number of aromatic nitrogens is 1. The van der Waals surface area contributed by atoms with Gasteiger partial charge in [-0.05, 0) is 36.2 Å². The van der Waals surface area contributed by atoms with Gasteiger partial charge in [0.15, 0.2) is 5.13 Å². The van der Waals surface area contributed by atoms with Gasteiger partial charge in [-0.15, -0.1) is 0 Å². The highest BCUT2D eigenvalue weighted by Gasteiger charge is 2.27. The van der Waals surface area contributed by atoms with E-state index in [1.807, 2.05) is 60.4 Å². The summed E-state index contributed by atoms with van der Waals surface area (Å²) in [6.07, 6.45) is 0. The molecule has 0 atom stereocenters. The van der Waals surface area contributed by atoms with Gasteiger partial charge in [0.25, 0.3) is 11.6 Å². The summed E-state index contributed by atoms with van der Waals surface area (Å²) >= 11 is 1.44. The number of para-hydroxylation sites is 1. The highest BCUT2D eigenvalue weighted by atomic mass is 32.1. The second kappa shape index (κ2) is 9.81. The summed E-state index contributed by atoms with van der Waals surface area (Å²) < 4.78 is 6.36. The molecule has 9 heteroatoms. The van der Waals surface area contributed by atoms with Gasteiger partial charge < -0.3 is 9.64 Å². The average Bonchev–Trinajstić information content (AvgIpc) is 3.33. The van der Waals surface area contributed by atoms with Gasteiger partial charge in [0.2, 0.25) is 0 Å². The minimum Gasteiger partial charge on any atom is -0.378 e. The van der Waals surface area contributed by atoms with E-state index in [1.54, 1.807) is 17.0 Å². The van der Waals surface area contributed by atoms with Crippen molar-refractivity contribution in [2.75, 3.05) is 36.1 Å². The predicted octanol–water partition coefficient (Wildman–Crippen LogP) is 5.20. The SMILES string of the molecule is Cc1cccc2sc(N(Cc3ccccc3)C(=O)c3ccc(N4CCOCC4)c([N+](=O)[O-])c3)nc12. The Hall–Kier alpha value is -3.82. The Kier molecular flexibility index (Phi) is 6.43. The molecule has 1 aliphatic heterocycles. The number of morpholine rings is 1. The molecule has 2 heterocycles. The van der Waals surface area contributed by atoms with Crippen LogP contribution in [-0.2, 0) is 11.3 Å². The molecule has 1 fully saturated rings. The number of nitro groups is 1. The van der Waals surface area contributed by atoms with Crippen molar-refractivity contribution in [3.05, 3.63) is 93.5 Å². The number of nitrogens with zero attached hydrogens (tertiary/aromatic N) is 4. The fourth-order valence-electron chi connectivity index (χ4n) is 4.21. The van der Waals surface area contributed by atoms with E-state index in [-0.39, 0.29) is 17.2 Å². The number of hydrogen-bond donors (Lipinski definition) is 0. The summed E-state index contributed by atoms with van der Waals surface area (Å²) in [6, 6.07) is 20.3. The molecule has 1 saturated heterocycles. The minimum absolute atomic E-state index is 0.0856. The van der Waals surface area contributed by atoms with Gasteiger partial charge in [-0.1, -0.05) is 53.8 Å². The molecular weight excluding hydrogens is 464 g/mol. The van der Waals surface area contributed by atoms with Crippen LogP contribution in [0.3, 0.4) is 0 Å². The normalized spacial score (nSPS) is 13.7. The van der Waals surface area contributed by atoms with E-state index in [4.69, 9.17) is 9.72 Å². The minimum atomic E-state index is -0.426. The number of amides is 1. The number of aryl methyl sites for hydroxylation is 1. The summed E-state index contributed by atoms with van der Waals surface area (Å²) in [5.41, 5.74) is 3.49. The van der Waals surface area contributed by atoms with Crippen molar-refractivity contribution >= 4 is 44.0 Å². The first-order valence-corrected chi connectivity index (χ1v) is 12.2. The number of thiazole rings is 1. The van der Waals surface area contributed by atoms with E-state index in [9.17, 15) is 14.9 Å². The average molecular weight is 489 g/mol. The van der Waals surface area contributed by atoms with Crippen LogP contribution in [0.25, 0.3) is 10.2 Å². The molecule has 5 rings (SSSR count). The molecule has 178 valence electrons. The van der Waals surface area contributed by atoms with Gasteiger partial charge in [-0.2, -0.15) is 0 Å². The second-order valence-corrected chi connectivity index (χ2v) is 9.36. The molecule has 1 aliphatic rings. The molecule has 0 radical (unpaired) electrons. The summed E-state index contributed by atoms with van der Waals surface area (Å²) in [5.74, 6) is -0.331. The van der Waals surface area contributed by atoms with Crippen LogP contribution in [0.2, 0.25) is 0 Å². The summed E-state index contributed by atoms with van der Waals surface area (Å²) in [5, 5.41) is 12.5. The Labute approximate surface area is 206 Å². The quantitative estimate of drug-likeness (QED) is 0.274. The molecule has 3 aromatic carbocycles. The van der Waals surface area contributed by atoms with Crippen LogP contribution in [0.5, 0.6) is 0 Å². The molecule has 0 saturated carbocycles. The Morgan fingerprint density at radius 2 is 1.89 bits per heavy atom. The molecule has 4 aromatic rings. The van der Waals surface area contributed by atoms with E-state index >= 15 is 0 Å². The smallest absolute Gasteiger partial charge is 0.293 e. The second-order valence-electron chi connectivity index (χ2n) is 8.36. The van der Waals surface area contributed by atoms with Gasteiger partial charge in [0.05, 0.1) is 34.9 Å². The maximum Gasteiger partial charge on any atom is 0.293 e. The standard InChI is InChI=1S/C26H24N4O4S/c1-18-6-5-9-23-24(18)27-26(35-23)29(17-19-7-3-2-4-8-19)25(31)20-10-11-21(22(16-20)30(32)33)28-12-14-34-15-13-28/h2-11,16H,12-15,17H2,1H3. The third-order valence-corrected chi connectivity index (χ3v) is 7.08. The number of ether oxygens (including phenoxy) is 1. The lowest BCUT2D eigenvalue weighted by Gasteiger charge is -2.28. The number of anilines is 2. The van der Waals surface area contributed by atoms with Gasteiger partial charge in [0, 0.05) is 24.7 Å². The number of carbonyl (C=O) groups is 1. The van der Waals surface area contributed by atoms with Gasteiger partial charge in [-0.25, -0.2) is 4.98 Å². The lowest BCUT2D eigenvalue weighted by atomic mass is 10.1. The Balaban J connectivity index is 1.55. The first kappa shape index (κ1) is 22.9. The van der Waals surface area contributed by atoms with Crippen LogP contribution in [0, 0.1) is 17.0 Å². The van der Waals surface area contributed by atoms with E-state index in [1.165, 1.54) is 17.4 Å². The summed E-state index contributed by atoms with van der Waals surface area (Å²) in [6.45, 7) is 4.46. The Morgan fingerprint density at radius 1 is 1.11 bits per heavy atom. The number of carbonyl (C=O) groups excluding carboxylic acids is 1. The maximum absolute atomic E-state index is 13.8. The van der Waals surface area contributed by atoms with Gasteiger partial charge in [-0.3, -0.25) is 19.8 Å². The molecule has 0 N–H and O–H groups in total. The van der Waals surface area contributed by atoms with Crippen molar-refractivity contribution in [1.29, 1.82) is 0 Å². The van der Waals surface area contributed by atoms with Crippen LogP contribution in [0.4, 0.5) is 16.5 Å². The van der Waals surface area contributed by atoms with Crippen molar-refractivity contribution in [3.8, 4) is 0 Å². The fourth-order valence-corrected chi connectivity index (χ4v) is 5.25.